The van der Waals surface area contributed by atoms with E-state index in [2.05, 4.69) is 55.2 Å². The number of nitrogens with zero attached hydrogens (tertiary/aromatic N) is 1. The first-order valence-corrected chi connectivity index (χ1v) is 5.50. The summed E-state index contributed by atoms with van der Waals surface area (Å²) in [6.45, 7) is 4.19. The third-order valence-corrected chi connectivity index (χ3v) is 2.96. The van der Waals surface area contributed by atoms with Crippen molar-refractivity contribution < 1.29 is 0 Å². The molecule has 0 aliphatic heterocycles. The van der Waals surface area contributed by atoms with Gasteiger partial charge >= 0.3 is 0 Å². The highest BCUT2D eigenvalue weighted by molar-refractivity contribution is 6.05. The predicted molar refractivity (Wildman–Crippen MR) is 68.7 cm³/mol. The van der Waals surface area contributed by atoms with Crippen molar-refractivity contribution in [3.05, 3.63) is 53.7 Å². The van der Waals surface area contributed by atoms with Gasteiger partial charge in [-0.1, -0.05) is 35.9 Å². The summed E-state index contributed by atoms with van der Waals surface area (Å²) in [4.78, 5) is 4.54. The molecule has 1 heteroatoms. The Morgan fingerprint density at radius 3 is 2.44 bits per heavy atom. The Morgan fingerprint density at radius 2 is 1.56 bits per heavy atom. The molecule has 0 saturated carbocycles. The van der Waals surface area contributed by atoms with Crippen LogP contribution in [-0.4, -0.2) is 4.98 Å². The SMILES string of the molecule is Cc1ccc2c(ccc3cc(C)cnc32)c1. The van der Waals surface area contributed by atoms with E-state index in [1.807, 2.05) is 6.20 Å². The average molecular weight is 207 g/mol. The van der Waals surface area contributed by atoms with Gasteiger partial charge in [0.2, 0.25) is 0 Å². The summed E-state index contributed by atoms with van der Waals surface area (Å²) in [7, 11) is 0. The van der Waals surface area contributed by atoms with Crippen LogP contribution in [0.25, 0.3) is 21.7 Å². The normalized spacial score (nSPS) is 11.1. The van der Waals surface area contributed by atoms with Gasteiger partial charge in [-0.05, 0) is 30.9 Å². The molecule has 0 saturated heterocycles. The number of aryl methyl sites for hydroxylation is 2. The second-order valence-corrected chi connectivity index (χ2v) is 4.37. The Bertz CT molecular complexity index is 623. The maximum absolute atomic E-state index is 4.54. The van der Waals surface area contributed by atoms with E-state index in [0.29, 0.717) is 0 Å². The van der Waals surface area contributed by atoms with E-state index < -0.39 is 0 Å². The van der Waals surface area contributed by atoms with E-state index in [1.165, 1.54) is 27.3 Å². The third kappa shape index (κ3) is 1.36. The minimum Gasteiger partial charge on any atom is -0.255 e. The van der Waals surface area contributed by atoms with Gasteiger partial charge in [-0.15, -0.1) is 0 Å². The van der Waals surface area contributed by atoms with Crippen LogP contribution >= 0.6 is 0 Å². The summed E-state index contributed by atoms with van der Waals surface area (Å²) in [5, 5.41) is 3.73. The highest BCUT2D eigenvalue weighted by atomic mass is 14.7. The lowest BCUT2D eigenvalue weighted by Gasteiger charge is -2.04. The lowest BCUT2D eigenvalue weighted by atomic mass is 10.0. The van der Waals surface area contributed by atoms with Crippen molar-refractivity contribution in [1.82, 2.24) is 4.98 Å². The molecule has 0 aliphatic carbocycles. The molecule has 1 nitrogen and oxygen atoms in total. The molecule has 78 valence electrons. The zero-order valence-electron chi connectivity index (χ0n) is 9.49. The molecule has 3 aromatic rings. The molecule has 0 amide bonds. The zero-order valence-corrected chi connectivity index (χ0v) is 9.49. The van der Waals surface area contributed by atoms with Gasteiger partial charge in [0.1, 0.15) is 0 Å². The monoisotopic (exact) mass is 207 g/mol. The number of benzene rings is 2. The van der Waals surface area contributed by atoms with E-state index >= 15 is 0 Å². The van der Waals surface area contributed by atoms with Crippen LogP contribution in [0.4, 0.5) is 0 Å². The maximum Gasteiger partial charge on any atom is 0.0780 e. The number of pyridine rings is 1. The van der Waals surface area contributed by atoms with E-state index in [9.17, 15) is 0 Å². The molecule has 0 radical (unpaired) electrons. The molecule has 3 rings (SSSR count). The largest absolute Gasteiger partial charge is 0.255 e. The fourth-order valence-corrected chi connectivity index (χ4v) is 2.16. The Balaban J connectivity index is 2.50. The van der Waals surface area contributed by atoms with E-state index in [4.69, 9.17) is 0 Å². The first kappa shape index (κ1) is 9.34. The molecule has 2 aromatic carbocycles. The molecule has 0 fully saturated rings. The topological polar surface area (TPSA) is 12.9 Å². The molecule has 1 heterocycles. The summed E-state index contributed by atoms with van der Waals surface area (Å²) >= 11 is 0. The lowest BCUT2D eigenvalue weighted by molar-refractivity contribution is 1.34. The van der Waals surface area contributed by atoms with Crippen LogP contribution in [0, 0.1) is 13.8 Å². The van der Waals surface area contributed by atoms with Crippen molar-refractivity contribution in [2.24, 2.45) is 0 Å². The van der Waals surface area contributed by atoms with Crippen LogP contribution < -0.4 is 0 Å². The zero-order chi connectivity index (χ0) is 11.1. The second kappa shape index (κ2) is 3.31. The van der Waals surface area contributed by atoms with E-state index in [1.54, 1.807) is 0 Å². The van der Waals surface area contributed by atoms with E-state index in [0.717, 1.165) is 5.52 Å². The molecular weight excluding hydrogens is 194 g/mol. The second-order valence-electron chi connectivity index (χ2n) is 4.37. The highest BCUT2D eigenvalue weighted by Gasteiger charge is 2.01. The maximum atomic E-state index is 4.54. The van der Waals surface area contributed by atoms with Crippen LogP contribution in [0.15, 0.2) is 42.6 Å². The highest BCUT2D eigenvalue weighted by Crippen LogP contribution is 2.24. The summed E-state index contributed by atoms with van der Waals surface area (Å²) in [5.41, 5.74) is 3.60. The van der Waals surface area contributed by atoms with Gasteiger partial charge in [0.25, 0.3) is 0 Å². The van der Waals surface area contributed by atoms with Crippen molar-refractivity contribution in [3.63, 3.8) is 0 Å². The van der Waals surface area contributed by atoms with Crippen LogP contribution in [0.2, 0.25) is 0 Å². The van der Waals surface area contributed by atoms with Crippen LogP contribution in [-0.2, 0) is 0 Å². The summed E-state index contributed by atoms with van der Waals surface area (Å²) in [6.07, 6.45) is 1.93. The average Bonchev–Trinajstić information content (AvgIpc) is 2.28. The molecule has 0 spiro atoms. The molecular formula is C15H13N. The summed E-state index contributed by atoms with van der Waals surface area (Å²) in [6, 6.07) is 13.0. The van der Waals surface area contributed by atoms with Crippen LogP contribution in [0.1, 0.15) is 11.1 Å². The fraction of sp³-hybridized carbons (Fsp3) is 0.133. The standard InChI is InChI=1S/C15H13N/c1-10-3-6-14-12(7-10)4-5-13-8-11(2)9-16-15(13)14/h3-9H,1-2H3. The van der Waals surface area contributed by atoms with E-state index in [-0.39, 0.29) is 0 Å². The van der Waals surface area contributed by atoms with Gasteiger partial charge in [-0.2, -0.15) is 0 Å². The number of rotatable bonds is 0. The van der Waals surface area contributed by atoms with Crippen molar-refractivity contribution in [3.8, 4) is 0 Å². The lowest BCUT2D eigenvalue weighted by Crippen LogP contribution is -1.84. The van der Waals surface area contributed by atoms with Gasteiger partial charge in [-0.25, -0.2) is 0 Å². The molecule has 0 aliphatic rings. The summed E-state index contributed by atoms with van der Waals surface area (Å²) < 4.78 is 0. The van der Waals surface area contributed by atoms with Crippen molar-refractivity contribution >= 4 is 21.7 Å². The third-order valence-electron chi connectivity index (χ3n) is 2.96. The van der Waals surface area contributed by atoms with Gasteiger partial charge in [0, 0.05) is 17.0 Å². The van der Waals surface area contributed by atoms with Crippen LogP contribution in [0.5, 0.6) is 0 Å². The number of fused-ring (bicyclic) bond motifs is 3. The Hall–Kier alpha value is -1.89. The molecule has 0 atom stereocenters. The number of hydrogen-bond donors (Lipinski definition) is 0. The minimum absolute atomic E-state index is 1.10. The Labute approximate surface area is 94.7 Å². The van der Waals surface area contributed by atoms with Gasteiger partial charge < -0.3 is 0 Å². The number of aromatic nitrogens is 1. The van der Waals surface area contributed by atoms with Crippen molar-refractivity contribution in [2.45, 2.75) is 13.8 Å². The predicted octanol–water partition coefficient (Wildman–Crippen LogP) is 4.00. The first-order valence-electron chi connectivity index (χ1n) is 5.50. The summed E-state index contributed by atoms with van der Waals surface area (Å²) in [5.74, 6) is 0. The fourth-order valence-electron chi connectivity index (χ4n) is 2.16. The quantitative estimate of drug-likeness (QED) is 0.508. The first-order chi connectivity index (χ1) is 7.74. The molecule has 16 heavy (non-hydrogen) atoms. The minimum atomic E-state index is 1.10. The molecule has 1 aromatic heterocycles. The van der Waals surface area contributed by atoms with Crippen molar-refractivity contribution in [2.75, 3.05) is 0 Å². The Kier molecular flexibility index (Phi) is 1.93. The Morgan fingerprint density at radius 1 is 0.812 bits per heavy atom. The smallest absolute Gasteiger partial charge is 0.0780 e. The van der Waals surface area contributed by atoms with Gasteiger partial charge in [0.15, 0.2) is 0 Å². The van der Waals surface area contributed by atoms with Crippen molar-refractivity contribution in [1.29, 1.82) is 0 Å². The molecule has 0 N–H and O–H groups in total. The van der Waals surface area contributed by atoms with Gasteiger partial charge in [0.05, 0.1) is 5.52 Å². The molecule has 0 unspecified atom stereocenters. The van der Waals surface area contributed by atoms with Crippen LogP contribution in [0.3, 0.4) is 0 Å². The molecule has 0 bridgehead atoms. The van der Waals surface area contributed by atoms with Gasteiger partial charge in [-0.3, -0.25) is 4.98 Å². The number of hydrogen-bond acceptors (Lipinski definition) is 1.